The van der Waals surface area contributed by atoms with Gasteiger partial charge in [-0.05, 0) is 43.0 Å². The fraction of sp³-hybridized carbons (Fsp3) is 0.619. The fourth-order valence-electron chi connectivity index (χ4n) is 3.50. The lowest BCUT2D eigenvalue weighted by atomic mass is 10.1. The number of nitrogens with one attached hydrogen (secondary N) is 2. The Kier molecular flexibility index (Phi) is 7.66. The predicted molar refractivity (Wildman–Crippen MR) is 111 cm³/mol. The molecule has 0 atom stereocenters. The molecule has 1 aromatic rings. The molecular formula is C21H34N4O2. The summed E-state index contributed by atoms with van der Waals surface area (Å²) in [6, 6.07) is 5.45. The average molecular weight is 375 g/mol. The molecule has 2 amide bonds. The minimum absolute atomic E-state index is 0.0574. The zero-order valence-corrected chi connectivity index (χ0v) is 17.3. The Bertz CT molecular complexity index is 648. The van der Waals surface area contributed by atoms with Crippen molar-refractivity contribution < 1.29 is 9.59 Å². The lowest BCUT2D eigenvalue weighted by Gasteiger charge is -2.27. The zero-order valence-electron chi connectivity index (χ0n) is 17.3. The number of carbonyl (C=O) groups excluding carboxylic acids is 2. The van der Waals surface area contributed by atoms with E-state index in [1.807, 2.05) is 24.1 Å². The third-order valence-electron chi connectivity index (χ3n) is 4.51. The minimum Gasteiger partial charge on any atom is -0.364 e. The molecular weight excluding hydrogens is 340 g/mol. The van der Waals surface area contributed by atoms with E-state index in [9.17, 15) is 9.59 Å². The molecule has 0 saturated carbocycles. The third kappa shape index (κ3) is 6.54. The van der Waals surface area contributed by atoms with Gasteiger partial charge in [0.1, 0.15) is 0 Å². The molecule has 27 heavy (non-hydrogen) atoms. The van der Waals surface area contributed by atoms with Gasteiger partial charge in [0.25, 0.3) is 5.91 Å². The Labute approximate surface area is 163 Å². The first kappa shape index (κ1) is 21.2. The summed E-state index contributed by atoms with van der Waals surface area (Å²) >= 11 is 0. The number of hydrogen-bond acceptors (Lipinski definition) is 4. The van der Waals surface area contributed by atoms with Gasteiger partial charge in [-0.1, -0.05) is 27.7 Å². The second kappa shape index (κ2) is 9.74. The number of benzene rings is 1. The van der Waals surface area contributed by atoms with Gasteiger partial charge in [0.2, 0.25) is 5.91 Å². The number of amides is 2. The van der Waals surface area contributed by atoms with Crippen LogP contribution >= 0.6 is 0 Å². The van der Waals surface area contributed by atoms with Crippen LogP contribution in [0.4, 0.5) is 11.4 Å². The third-order valence-corrected chi connectivity index (χ3v) is 4.51. The largest absolute Gasteiger partial charge is 0.364 e. The van der Waals surface area contributed by atoms with Crippen LogP contribution in [-0.2, 0) is 4.79 Å². The van der Waals surface area contributed by atoms with Crippen molar-refractivity contribution >= 4 is 23.2 Å². The normalized spacial score (nSPS) is 13.9. The van der Waals surface area contributed by atoms with Crippen molar-refractivity contribution in [2.45, 2.75) is 34.1 Å². The van der Waals surface area contributed by atoms with Crippen LogP contribution in [0, 0.1) is 11.8 Å². The maximum absolute atomic E-state index is 12.4. The monoisotopic (exact) mass is 374 g/mol. The summed E-state index contributed by atoms with van der Waals surface area (Å²) < 4.78 is 0. The van der Waals surface area contributed by atoms with Crippen LogP contribution in [0.25, 0.3) is 0 Å². The number of fused-ring (bicyclic) bond motifs is 1. The minimum atomic E-state index is -0.0976. The highest BCUT2D eigenvalue weighted by Crippen LogP contribution is 2.29. The summed E-state index contributed by atoms with van der Waals surface area (Å²) in [7, 11) is 1.87. The first-order valence-corrected chi connectivity index (χ1v) is 9.92. The highest BCUT2D eigenvalue weighted by atomic mass is 16.2. The molecule has 1 heterocycles. The molecule has 0 aromatic heterocycles. The van der Waals surface area contributed by atoms with Gasteiger partial charge in [0.05, 0.1) is 17.9 Å². The van der Waals surface area contributed by atoms with Gasteiger partial charge >= 0.3 is 0 Å². The van der Waals surface area contributed by atoms with E-state index in [1.165, 1.54) is 0 Å². The van der Waals surface area contributed by atoms with Gasteiger partial charge in [-0.2, -0.15) is 0 Å². The second-order valence-corrected chi connectivity index (χ2v) is 8.29. The quantitative estimate of drug-likeness (QED) is 0.653. The van der Waals surface area contributed by atoms with Crippen molar-refractivity contribution in [2.75, 3.05) is 50.0 Å². The zero-order chi connectivity index (χ0) is 20.0. The van der Waals surface area contributed by atoms with Crippen molar-refractivity contribution in [3.8, 4) is 0 Å². The second-order valence-electron chi connectivity index (χ2n) is 8.29. The van der Waals surface area contributed by atoms with E-state index in [0.29, 0.717) is 36.2 Å². The lowest BCUT2D eigenvalue weighted by Crippen LogP contribution is -2.36. The van der Waals surface area contributed by atoms with E-state index < -0.39 is 0 Å². The van der Waals surface area contributed by atoms with E-state index in [1.54, 1.807) is 6.07 Å². The smallest absolute Gasteiger partial charge is 0.251 e. The van der Waals surface area contributed by atoms with Crippen LogP contribution in [0.2, 0.25) is 0 Å². The number of anilines is 2. The number of nitrogens with zero attached hydrogens (tertiary/aromatic N) is 2. The molecule has 0 saturated heterocycles. The van der Waals surface area contributed by atoms with Gasteiger partial charge in [0.15, 0.2) is 0 Å². The Balaban J connectivity index is 1.85. The highest BCUT2D eigenvalue weighted by Gasteiger charge is 2.20. The molecule has 6 nitrogen and oxygen atoms in total. The van der Waals surface area contributed by atoms with Gasteiger partial charge in [-0.3, -0.25) is 9.59 Å². The maximum atomic E-state index is 12.4. The molecule has 0 fully saturated rings. The molecule has 0 radical (unpaired) electrons. The topological polar surface area (TPSA) is 64.7 Å². The standard InChI is InChI=1S/C21H34N4O2/c1-15(2)12-25(13-16(3)4)10-6-9-22-21(27)17-7-8-19-18(11-17)23-20(26)14-24(19)5/h7-8,11,15-16H,6,9-10,12-14H2,1-5H3,(H,22,27)(H,23,26). The Morgan fingerprint density at radius 2 is 1.89 bits per heavy atom. The fourth-order valence-corrected chi connectivity index (χ4v) is 3.50. The van der Waals surface area contributed by atoms with Gasteiger partial charge in [-0.15, -0.1) is 0 Å². The van der Waals surface area contributed by atoms with Crippen LogP contribution < -0.4 is 15.5 Å². The Morgan fingerprint density at radius 3 is 2.52 bits per heavy atom. The molecule has 0 unspecified atom stereocenters. The van der Waals surface area contributed by atoms with Gasteiger partial charge in [-0.25, -0.2) is 0 Å². The van der Waals surface area contributed by atoms with Crippen LogP contribution in [0.1, 0.15) is 44.5 Å². The molecule has 0 spiro atoms. The van der Waals surface area contributed by atoms with Gasteiger partial charge in [0, 0.05) is 32.2 Å². The number of likely N-dealkylation sites (N-methyl/N-ethyl adjacent to an activating group) is 1. The molecule has 2 N–H and O–H groups in total. The summed E-state index contributed by atoms with van der Waals surface area (Å²) in [5.41, 5.74) is 2.20. The summed E-state index contributed by atoms with van der Waals surface area (Å²) in [6.45, 7) is 13.1. The predicted octanol–water partition coefficient (Wildman–Crippen LogP) is 2.81. The summed E-state index contributed by atoms with van der Waals surface area (Å²) in [4.78, 5) is 28.5. The van der Waals surface area contributed by atoms with E-state index in [-0.39, 0.29) is 11.8 Å². The average Bonchev–Trinajstić information content (AvgIpc) is 2.56. The molecule has 0 bridgehead atoms. The SMILES string of the molecule is CC(C)CN(CCCNC(=O)c1ccc2c(c1)NC(=O)CN2C)CC(C)C. The number of hydrogen-bond donors (Lipinski definition) is 2. The van der Waals surface area contributed by atoms with Crippen molar-refractivity contribution in [1.29, 1.82) is 0 Å². The van der Waals surface area contributed by atoms with E-state index in [0.717, 1.165) is 31.7 Å². The van der Waals surface area contributed by atoms with Crippen LogP contribution in [0.5, 0.6) is 0 Å². The van der Waals surface area contributed by atoms with Crippen molar-refractivity contribution in [3.05, 3.63) is 23.8 Å². The molecule has 6 heteroatoms. The van der Waals surface area contributed by atoms with E-state index in [2.05, 4.69) is 43.2 Å². The molecule has 1 aliphatic rings. The summed E-state index contributed by atoms with van der Waals surface area (Å²) in [5.74, 6) is 1.13. The van der Waals surface area contributed by atoms with E-state index in [4.69, 9.17) is 0 Å². The summed E-state index contributed by atoms with van der Waals surface area (Å²) in [6.07, 6.45) is 0.926. The Hall–Kier alpha value is -2.08. The molecule has 1 aromatic carbocycles. The summed E-state index contributed by atoms with van der Waals surface area (Å²) in [5, 5.41) is 5.84. The molecule has 1 aliphatic heterocycles. The Morgan fingerprint density at radius 1 is 1.22 bits per heavy atom. The van der Waals surface area contributed by atoms with Crippen molar-refractivity contribution in [3.63, 3.8) is 0 Å². The van der Waals surface area contributed by atoms with Crippen LogP contribution in [0.3, 0.4) is 0 Å². The maximum Gasteiger partial charge on any atom is 0.251 e. The molecule has 150 valence electrons. The lowest BCUT2D eigenvalue weighted by molar-refractivity contribution is -0.115. The first-order valence-electron chi connectivity index (χ1n) is 9.92. The van der Waals surface area contributed by atoms with Crippen molar-refractivity contribution in [1.82, 2.24) is 10.2 Å². The number of carbonyl (C=O) groups is 2. The number of rotatable bonds is 9. The van der Waals surface area contributed by atoms with Crippen LogP contribution in [-0.4, -0.2) is 56.5 Å². The van der Waals surface area contributed by atoms with Crippen molar-refractivity contribution in [2.24, 2.45) is 11.8 Å². The molecule has 0 aliphatic carbocycles. The van der Waals surface area contributed by atoms with Crippen LogP contribution in [0.15, 0.2) is 18.2 Å². The first-order chi connectivity index (χ1) is 12.8. The highest BCUT2D eigenvalue weighted by molar-refractivity contribution is 6.03. The van der Waals surface area contributed by atoms with E-state index >= 15 is 0 Å². The van der Waals surface area contributed by atoms with Gasteiger partial charge < -0.3 is 20.4 Å². The molecule has 2 rings (SSSR count).